The molecule has 0 rings (SSSR count). The minimum Gasteiger partial charge on any atom is -0.371 e. The zero-order valence-electron chi connectivity index (χ0n) is 7.89. The summed E-state index contributed by atoms with van der Waals surface area (Å²) >= 11 is 0. The summed E-state index contributed by atoms with van der Waals surface area (Å²) in [7, 11) is 0. The first-order chi connectivity index (χ1) is 5.13. The Labute approximate surface area is 68.9 Å². The van der Waals surface area contributed by atoms with Crippen molar-refractivity contribution in [2.75, 3.05) is 6.61 Å². The standard InChI is InChI=1S/C9H18O2/c1-5-7(3)9(10)8(4)11-6-2/h7-8H,5-6H2,1-4H3/t7-,8?/m0/s1. The molecule has 2 heteroatoms. The molecule has 0 radical (unpaired) electrons. The van der Waals surface area contributed by atoms with Crippen molar-refractivity contribution in [3.05, 3.63) is 0 Å². The predicted molar refractivity (Wildman–Crippen MR) is 45.6 cm³/mol. The van der Waals surface area contributed by atoms with Crippen molar-refractivity contribution in [3.8, 4) is 0 Å². The second-order valence-corrected chi connectivity index (χ2v) is 2.81. The Morgan fingerprint density at radius 2 is 1.91 bits per heavy atom. The van der Waals surface area contributed by atoms with Crippen LogP contribution >= 0.6 is 0 Å². The number of carbonyl (C=O) groups excluding carboxylic acids is 1. The molecule has 0 bridgehead atoms. The normalized spacial score (nSPS) is 16.0. The zero-order valence-corrected chi connectivity index (χ0v) is 7.89. The van der Waals surface area contributed by atoms with E-state index >= 15 is 0 Å². The van der Waals surface area contributed by atoms with E-state index in [1.165, 1.54) is 0 Å². The van der Waals surface area contributed by atoms with Crippen LogP contribution in [0.3, 0.4) is 0 Å². The summed E-state index contributed by atoms with van der Waals surface area (Å²) in [5.74, 6) is 0.353. The van der Waals surface area contributed by atoms with Gasteiger partial charge < -0.3 is 4.74 Å². The molecule has 0 aromatic heterocycles. The van der Waals surface area contributed by atoms with Crippen LogP contribution in [-0.2, 0) is 9.53 Å². The lowest BCUT2D eigenvalue weighted by Crippen LogP contribution is -2.26. The molecule has 0 aliphatic heterocycles. The molecule has 0 saturated carbocycles. The van der Waals surface area contributed by atoms with Crippen LogP contribution in [-0.4, -0.2) is 18.5 Å². The second-order valence-electron chi connectivity index (χ2n) is 2.81. The van der Waals surface area contributed by atoms with Gasteiger partial charge in [-0.05, 0) is 20.3 Å². The smallest absolute Gasteiger partial charge is 0.164 e. The third kappa shape index (κ3) is 3.51. The molecule has 0 amide bonds. The quantitative estimate of drug-likeness (QED) is 0.612. The summed E-state index contributed by atoms with van der Waals surface area (Å²) < 4.78 is 5.18. The van der Waals surface area contributed by atoms with Gasteiger partial charge in [0.25, 0.3) is 0 Å². The molecule has 0 aliphatic rings. The van der Waals surface area contributed by atoms with Crippen LogP contribution in [0.1, 0.15) is 34.1 Å². The molecular formula is C9H18O2. The summed E-state index contributed by atoms with van der Waals surface area (Å²) in [6.45, 7) is 8.29. The van der Waals surface area contributed by atoms with Gasteiger partial charge in [-0.2, -0.15) is 0 Å². The van der Waals surface area contributed by atoms with Crippen LogP contribution in [0.5, 0.6) is 0 Å². The molecule has 2 atom stereocenters. The Morgan fingerprint density at radius 1 is 1.36 bits per heavy atom. The number of ketones is 1. The minimum atomic E-state index is -0.227. The van der Waals surface area contributed by atoms with Gasteiger partial charge in [-0.25, -0.2) is 0 Å². The van der Waals surface area contributed by atoms with E-state index in [9.17, 15) is 4.79 Å². The lowest BCUT2D eigenvalue weighted by molar-refractivity contribution is -0.132. The molecule has 66 valence electrons. The Hall–Kier alpha value is -0.370. The fraction of sp³-hybridized carbons (Fsp3) is 0.889. The van der Waals surface area contributed by atoms with Gasteiger partial charge in [0, 0.05) is 12.5 Å². The highest BCUT2D eigenvalue weighted by molar-refractivity contribution is 5.84. The van der Waals surface area contributed by atoms with Crippen molar-refractivity contribution in [1.82, 2.24) is 0 Å². The maximum Gasteiger partial charge on any atom is 0.164 e. The summed E-state index contributed by atoms with van der Waals surface area (Å²) in [5.41, 5.74) is 0. The van der Waals surface area contributed by atoms with Crippen molar-refractivity contribution in [2.24, 2.45) is 5.92 Å². The van der Waals surface area contributed by atoms with Crippen molar-refractivity contribution >= 4 is 5.78 Å². The second kappa shape index (κ2) is 5.30. The van der Waals surface area contributed by atoms with Crippen molar-refractivity contribution in [2.45, 2.75) is 40.2 Å². The molecule has 0 aromatic carbocycles. The van der Waals surface area contributed by atoms with Crippen molar-refractivity contribution < 1.29 is 9.53 Å². The molecule has 0 N–H and O–H groups in total. The van der Waals surface area contributed by atoms with Gasteiger partial charge in [0.1, 0.15) is 6.10 Å². The largest absolute Gasteiger partial charge is 0.371 e. The lowest BCUT2D eigenvalue weighted by atomic mass is 10.0. The number of ether oxygens (including phenoxy) is 1. The molecular weight excluding hydrogens is 140 g/mol. The Bertz CT molecular complexity index is 121. The summed E-state index contributed by atoms with van der Waals surface area (Å²) in [6, 6.07) is 0. The fourth-order valence-corrected chi connectivity index (χ4v) is 0.934. The van der Waals surface area contributed by atoms with E-state index in [1.807, 2.05) is 27.7 Å². The highest BCUT2D eigenvalue weighted by Gasteiger charge is 2.17. The van der Waals surface area contributed by atoms with E-state index in [0.29, 0.717) is 6.61 Å². The number of rotatable bonds is 5. The minimum absolute atomic E-state index is 0.136. The van der Waals surface area contributed by atoms with Crippen LogP contribution in [0.25, 0.3) is 0 Å². The molecule has 0 aromatic rings. The van der Waals surface area contributed by atoms with Gasteiger partial charge in [-0.15, -0.1) is 0 Å². The van der Waals surface area contributed by atoms with E-state index in [1.54, 1.807) is 0 Å². The van der Waals surface area contributed by atoms with Gasteiger partial charge in [-0.3, -0.25) is 4.79 Å². The topological polar surface area (TPSA) is 26.3 Å². The molecule has 0 aliphatic carbocycles. The third-order valence-electron chi connectivity index (χ3n) is 1.92. The Balaban J connectivity index is 3.81. The van der Waals surface area contributed by atoms with E-state index in [4.69, 9.17) is 4.74 Å². The molecule has 0 fully saturated rings. The fourth-order valence-electron chi connectivity index (χ4n) is 0.934. The summed E-state index contributed by atoms with van der Waals surface area (Å²) in [6.07, 6.45) is 0.672. The maximum atomic E-state index is 11.3. The van der Waals surface area contributed by atoms with E-state index in [0.717, 1.165) is 6.42 Å². The third-order valence-corrected chi connectivity index (χ3v) is 1.92. The van der Waals surface area contributed by atoms with Crippen molar-refractivity contribution in [1.29, 1.82) is 0 Å². The molecule has 2 nitrogen and oxygen atoms in total. The average molecular weight is 158 g/mol. The maximum absolute atomic E-state index is 11.3. The SMILES string of the molecule is CCOC(C)C(=O)[C@@H](C)CC. The molecule has 11 heavy (non-hydrogen) atoms. The van der Waals surface area contributed by atoms with Crippen molar-refractivity contribution in [3.63, 3.8) is 0 Å². The molecule has 0 saturated heterocycles. The van der Waals surface area contributed by atoms with Gasteiger partial charge >= 0.3 is 0 Å². The Kier molecular flexibility index (Phi) is 5.12. The van der Waals surface area contributed by atoms with Crippen LogP contribution < -0.4 is 0 Å². The van der Waals surface area contributed by atoms with E-state index < -0.39 is 0 Å². The van der Waals surface area contributed by atoms with Gasteiger partial charge in [-0.1, -0.05) is 13.8 Å². The molecule has 0 heterocycles. The zero-order chi connectivity index (χ0) is 8.85. The van der Waals surface area contributed by atoms with Crippen LogP contribution in [0.2, 0.25) is 0 Å². The first-order valence-corrected chi connectivity index (χ1v) is 4.28. The molecule has 1 unspecified atom stereocenters. The number of hydrogen-bond donors (Lipinski definition) is 0. The van der Waals surface area contributed by atoms with Crippen LogP contribution in [0.15, 0.2) is 0 Å². The summed E-state index contributed by atoms with van der Waals surface area (Å²) in [4.78, 5) is 11.3. The molecule has 0 spiro atoms. The first-order valence-electron chi connectivity index (χ1n) is 4.28. The highest BCUT2D eigenvalue weighted by atomic mass is 16.5. The lowest BCUT2D eigenvalue weighted by Gasteiger charge is -2.14. The van der Waals surface area contributed by atoms with Gasteiger partial charge in [0.2, 0.25) is 0 Å². The Morgan fingerprint density at radius 3 is 2.27 bits per heavy atom. The number of Topliss-reactive ketones (excluding diaryl/α,β-unsaturated/α-hetero) is 1. The highest BCUT2D eigenvalue weighted by Crippen LogP contribution is 2.07. The van der Waals surface area contributed by atoms with E-state index in [-0.39, 0.29) is 17.8 Å². The van der Waals surface area contributed by atoms with Gasteiger partial charge in [0.15, 0.2) is 5.78 Å². The predicted octanol–water partition coefficient (Wildman–Crippen LogP) is 2.03. The first kappa shape index (κ1) is 10.6. The number of hydrogen-bond acceptors (Lipinski definition) is 2. The van der Waals surface area contributed by atoms with E-state index in [2.05, 4.69) is 0 Å². The average Bonchev–Trinajstić information content (AvgIpc) is 2.02. The van der Waals surface area contributed by atoms with Gasteiger partial charge in [0.05, 0.1) is 0 Å². The van der Waals surface area contributed by atoms with Crippen LogP contribution in [0, 0.1) is 5.92 Å². The van der Waals surface area contributed by atoms with Crippen LogP contribution in [0.4, 0.5) is 0 Å². The summed E-state index contributed by atoms with van der Waals surface area (Å²) in [5, 5.41) is 0. The number of carbonyl (C=O) groups is 1. The monoisotopic (exact) mass is 158 g/mol.